The Morgan fingerprint density at radius 1 is 1.12 bits per heavy atom. The smallest absolute Gasteiger partial charge is 0.237 e. The molecular formula is C43H61N9O3S. The maximum Gasteiger partial charge on any atom is 0.237 e. The van der Waals surface area contributed by atoms with Gasteiger partial charge in [-0.2, -0.15) is 16.9 Å². The Morgan fingerprint density at radius 2 is 1.84 bits per heavy atom. The van der Waals surface area contributed by atoms with Gasteiger partial charge in [0.2, 0.25) is 18.2 Å². The number of thioether (sulfide) groups is 1. The first-order chi connectivity index (χ1) is 27.3. The molecule has 1 saturated heterocycles. The minimum Gasteiger partial charge on any atom is -0.475 e. The predicted octanol–water partition coefficient (Wildman–Crippen LogP) is 6.41. The molecule has 2 aliphatic heterocycles. The first kappa shape index (κ1) is 47.2. The van der Waals surface area contributed by atoms with E-state index in [9.17, 15) is 9.59 Å². The highest BCUT2D eigenvalue weighted by molar-refractivity contribution is 7.98. The first-order valence-corrected chi connectivity index (χ1v) is 20.4. The number of fused-ring (bicyclic) bond motifs is 1. The maximum absolute atomic E-state index is 12.6. The number of likely N-dealkylation sites (tertiary alicyclic amines) is 1. The lowest BCUT2D eigenvalue weighted by molar-refractivity contribution is -0.131. The summed E-state index contributed by atoms with van der Waals surface area (Å²) in [4.78, 5) is 31.8. The van der Waals surface area contributed by atoms with Crippen molar-refractivity contribution in [2.45, 2.75) is 46.1 Å². The van der Waals surface area contributed by atoms with Crippen molar-refractivity contribution in [3.05, 3.63) is 78.0 Å². The molecule has 0 bridgehead atoms. The number of anilines is 1. The molecule has 4 aromatic rings. The number of H-pyrrole nitrogens is 1. The number of amides is 2. The van der Waals surface area contributed by atoms with E-state index in [1.807, 2.05) is 73.1 Å². The van der Waals surface area contributed by atoms with Gasteiger partial charge < -0.3 is 31.4 Å². The summed E-state index contributed by atoms with van der Waals surface area (Å²) in [6, 6.07) is 17.4. The summed E-state index contributed by atoms with van der Waals surface area (Å²) in [6.45, 7) is 11.4. The van der Waals surface area contributed by atoms with Gasteiger partial charge in [0.15, 0.2) is 0 Å². The van der Waals surface area contributed by atoms with Crippen molar-refractivity contribution in [3.8, 4) is 30.0 Å². The molecule has 6 rings (SSSR count). The number of carbonyl (C=O) groups excluding carboxylic acids is 2. The minimum absolute atomic E-state index is 0.136. The van der Waals surface area contributed by atoms with Crippen LogP contribution >= 0.6 is 11.8 Å². The molecule has 12 nitrogen and oxygen atoms in total. The third kappa shape index (κ3) is 14.9. The lowest BCUT2D eigenvalue weighted by Gasteiger charge is -2.28. The quantitative estimate of drug-likeness (QED) is 0.0586. The number of pyridine rings is 1. The van der Waals surface area contributed by atoms with Crippen molar-refractivity contribution in [3.63, 3.8) is 0 Å². The van der Waals surface area contributed by atoms with Gasteiger partial charge >= 0.3 is 0 Å². The van der Waals surface area contributed by atoms with Crippen LogP contribution in [-0.2, 0) is 9.59 Å². The fourth-order valence-electron chi connectivity index (χ4n) is 5.94. The average molecular weight is 784 g/mol. The molecule has 2 atom stereocenters. The summed E-state index contributed by atoms with van der Waals surface area (Å²) in [5.74, 6) is 2.82. The van der Waals surface area contributed by atoms with E-state index in [4.69, 9.17) is 10.1 Å². The second kappa shape index (κ2) is 26.7. The van der Waals surface area contributed by atoms with E-state index in [1.54, 1.807) is 6.20 Å². The second-order valence-corrected chi connectivity index (χ2v) is 13.9. The number of ether oxygens (including phenoxy) is 1. The van der Waals surface area contributed by atoms with Gasteiger partial charge in [-0.15, -0.1) is 12.8 Å². The number of hydrogen-bond donors (Lipinski definition) is 5. The van der Waals surface area contributed by atoms with Gasteiger partial charge in [-0.25, -0.2) is 4.98 Å². The van der Waals surface area contributed by atoms with Crippen LogP contribution in [0.15, 0.2) is 66.9 Å². The Balaban J connectivity index is 0.000000327. The summed E-state index contributed by atoms with van der Waals surface area (Å²) >= 11 is 1.91. The summed E-state index contributed by atoms with van der Waals surface area (Å²) in [7, 11) is 3.43. The van der Waals surface area contributed by atoms with Gasteiger partial charge in [-0.1, -0.05) is 44.2 Å². The van der Waals surface area contributed by atoms with Crippen molar-refractivity contribution in [1.29, 1.82) is 5.41 Å². The zero-order valence-corrected chi connectivity index (χ0v) is 34.7. The number of aromatic nitrogens is 3. The topological polar surface area (TPSA) is 165 Å². The van der Waals surface area contributed by atoms with E-state index in [-0.39, 0.29) is 12.0 Å². The fraction of sp³-hybridized carbons (Fsp3) is 0.419. The number of nitrogens with two attached hydrogens (primary N) is 1. The standard InChI is InChI=1S/C20H27N3OS.C17H18N4O2.C3H9N.C2H2.CH5N/c1-25-15-17-6-9-22(13-17)14-20(24)23-10-7-19(8-11-23)18-4-2-16(12-21)3-5-18;1-3-11(2)23-16-7-4-12(9-18-16)17-14-8-13(19-10-22)5-6-15(14)20-21-17;1-3-4-2;2*1-2/h2-5,7,12,17,21H,6,8-11,13-15H2,1H3;4-11H,3H2,1-2H3,(H,19,22)(H,20,21);4H,3H2,1-2H3;1-2H;2H2,1H3/t17-;;;;/m0..../s1. The highest BCUT2D eigenvalue weighted by Crippen LogP contribution is 2.29. The summed E-state index contributed by atoms with van der Waals surface area (Å²) in [5, 5.41) is 21.1. The molecule has 2 aliphatic rings. The number of rotatable bonds is 13. The zero-order valence-electron chi connectivity index (χ0n) is 33.9. The third-order valence-corrected chi connectivity index (χ3v) is 9.99. The van der Waals surface area contributed by atoms with Crippen molar-refractivity contribution in [2.24, 2.45) is 11.7 Å². The summed E-state index contributed by atoms with van der Waals surface area (Å²) < 4.78 is 5.69. The second-order valence-electron chi connectivity index (χ2n) is 13.0. The molecule has 0 aliphatic carbocycles. The molecule has 0 saturated carbocycles. The average Bonchev–Trinajstić information content (AvgIpc) is 3.89. The lowest BCUT2D eigenvalue weighted by atomic mass is 9.98. The normalized spacial score (nSPS) is 15.1. The van der Waals surface area contributed by atoms with Gasteiger partial charge in [-0.05, 0) is 112 Å². The molecule has 4 heterocycles. The van der Waals surface area contributed by atoms with Crippen LogP contribution in [0.4, 0.5) is 5.69 Å². The molecule has 56 heavy (non-hydrogen) atoms. The molecule has 6 N–H and O–H groups in total. The number of terminal acetylenes is 1. The van der Waals surface area contributed by atoms with Gasteiger partial charge in [0, 0.05) is 54.7 Å². The summed E-state index contributed by atoms with van der Waals surface area (Å²) in [6.07, 6.45) is 19.3. The number of aromatic amines is 1. The Bertz CT molecular complexity index is 1790. The van der Waals surface area contributed by atoms with Crippen LogP contribution in [0.2, 0.25) is 0 Å². The van der Waals surface area contributed by atoms with E-state index in [0.717, 1.165) is 78.3 Å². The fourth-order valence-corrected chi connectivity index (χ4v) is 6.69. The number of carbonyl (C=O) groups is 2. The number of benzene rings is 2. The monoisotopic (exact) mass is 783 g/mol. The van der Waals surface area contributed by atoms with Gasteiger partial charge in [0.05, 0.1) is 18.2 Å². The van der Waals surface area contributed by atoms with Crippen LogP contribution < -0.4 is 21.1 Å². The van der Waals surface area contributed by atoms with Gasteiger partial charge in [0.1, 0.15) is 5.69 Å². The predicted molar refractivity (Wildman–Crippen MR) is 235 cm³/mol. The molecule has 2 aromatic carbocycles. The molecule has 0 radical (unpaired) electrons. The van der Waals surface area contributed by atoms with Crippen molar-refractivity contribution < 1.29 is 14.3 Å². The molecule has 1 unspecified atom stereocenters. The van der Waals surface area contributed by atoms with E-state index in [2.05, 4.69) is 87.6 Å². The van der Waals surface area contributed by atoms with Crippen LogP contribution in [0.25, 0.3) is 27.7 Å². The van der Waals surface area contributed by atoms with E-state index >= 15 is 0 Å². The van der Waals surface area contributed by atoms with Crippen LogP contribution in [0.1, 0.15) is 51.2 Å². The molecule has 2 amide bonds. The van der Waals surface area contributed by atoms with E-state index in [0.29, 0.717) is 25.4 Å². The van der Waals surface area contributed by atoms with Gasteiger partial charge in [0.25, 0.3) is 0 Å². The van der Waals surface area contributed by atoms with Crippen LogP contribution in [0.5, 0.6) is 5.88 Å². The molecule has 2 aromatic heterocycles. The lowest BCUT2D eigenvalue weighted by Crippen LogP contribution is -2.41. The van der Waals surface area contributed by atoms with E-state index < -0.39 is 0 Å². The number of nitrogens with zero attached hydrogens (tertiary/aromatic N) is 4. The van der Waals surface area contributed by atoms with Crippen LogP contribution in [-0.4, -0.2) is 115 Å². The molecule has 1 fully saturated rings. The Labute approximate surface area is 337 Å². The minimum atomic E-state index is 0.136. The highest BCUT2D eigenvalue weighted by Gasteiger charge is 2.26. The number of hydrogen-bond acceptors (Lipinski definition) is 10. The zero-order chi connectivity index (χ0) is 41.3. The van der Waals surface area contributed by atoms with Gasteiger partial charge in [-0.3, -0.25) is 19.6 Å². The van der Waals surface area contributed by atoms with Crippen LogP contribution in [0, 0.1) is 24.2 Å². The Morgan fingerprint density at radius 3 is 2.41 bits per heavy atom. The van der Waals surface area contributed by atoms with Crippen molar-refractivity contribution in [1.82, 2.24) is 30.3 Å². The van der Waals surface area contributed by atoms with Crippen LogP contribution in [0.3, 0.4) is 0 Å². The molecule has 13 heteroatoms. The third-order valence-electron chi connectivity index (χ3n) is 9.19. The molecule has 302 valence electrons. The molecule has 0 spiro atoms. The SMILES string of the molecule is C#C.CCC(C)Oc1ccc(-c2n[nH]c3ccc(NC=O)cc23)cn1.CCNC.CN.CSC[C@H]1CCN(CC(=O)N2CC=C(c3ccc(C=N)cc3)CC2)C1. The summed E-state index contributed by atoms with van der Waals surface area (Å²) in [5.41, 5.74) is 11.2. The van der Waals surface area contributed by atoms with Crippen molar-refractivity contribution in [2.75, 3.05) is 70.7 Å². The first-order valence-electron chi connectivity index (χ1n) is 19.0. The molecular weight excluding hydrogens is 723 g/mol. The largest absolute Gasteiger partial charge is 0.475 e. The maximum atomic E-state index is 12.6. The van der Waals surface area contributed by atoms with Crippen molar-refractivity contribution >= 4 is 52.5 Å². The number of nitrogens with one attached hydrogen (secondary N) is 4. The Kier molecular flexibility index (Phi) is 22.5. The van der Waals surface area contributed by atoms with E-state index in [1.165, 1.54) is 36.6 Å². The highest BCUT2D eigenvalue weighted by atomic mass is 32.2. The Hall–Kier alpha value is -5.00.